The minimum Gasteiger partial charge on any atom is -0.290 e. The number of guanidine groups is 1. The van der Waals surface area contributed by atoms with Crippen molar-refractivity contribution in [2.24, 2.45) is 16.5 Å². The van der Waals surface area contributed by atoms with Gasteiger partial charge in [0.25, 0.3) is 0 Å². The summed E-state index contributed by atoms with van der Waals surface area (Å²) in [4.78, 5) is 4.08. The molecule has 0 aliphatic heterocycles. The van der Waals surface area contributed by atoms with Gasteiger partial charge in [0.2, 0.25) is 0 Å². The van der Waals surface area contributed by atoms with Crippen molar-refractivity contribution in [1.29, 1.82) is 0 Å². The third-order valence-corrected chi connectivity index (χ3v) is 4.05. The zero-order chi connectivity index (χ0) is 16.2. The highest BCUT2D eigenvalue weighted by molar-refractivity contribution is 7.84. The summed E-state index contributed by atoms with van der Waals surface area (Å²) in [6.07, 6.45) is 1.36. The number of hydrogen-bond acceptors (Lipinski definition) is 3. The van der Waals surface area contributed by atoms with Crippen molar-refractivity contribution in [2.75, 3.05) is 0 Å². The van der Waals surface area contributed by atoms with Crippen molar-refractivity contribution in [1.82, 2.24) is 0 Å². The van der Waals surface area contributed by atoms with Crippen molar-refractivity contribution in [3.05, 3.63) is 59.9 Å². The highest BCUT2D eigenvalue weighted by atomic mass is 32.2. The number of sulfonamides is 1. The average molecular weight is 321 g/mol. The minimum absolute atomic E-state index is 0.00857. The molecule has 0 amide bonds. The first-order chi connectivity index (χ1) is 10.4. The number of nitrogens with zero attached hydrogens (tertiary/aromatic N) is 1. The predicted octanol–water partition coefficient (Wildman–Crippen LogP) is -0.381. The van der Waals surface area contributed by atoms with Gasteiger partial charge in [0.15, 0.2) is 0 Å². The monoisotopic (exact) mass is 321 g/mol. The largest absolute Gasteiger partial charge is 0.353 e. The van der Waals surface area contributed by atoms with E-state index in [2.05, 4.69) is 4.99 Å². The van der Waals surface area contributed by atoms with E-state index in [-0.39, 0.29) is 10.7 Å². The second-order valence-electron chi connectivity index (χ2n) is 4.33. The molecule has 114 valence electrons. The van der Waals surface area contributed by atoms with Gasteiger partial charge in [0.05, 0.1) is 5.69 Å². The Labute approximate surface area is 127 Å². The lowest BCUT2D eigenvalue weighted by atomic mass is 10.2. The van der Waals surface area contributed by atoms with Crippen LogP contribution in [0.2, 0.25) is 0 Å². The Morgan fingerprint density at radius 3 is 2.32 bits per heavy atom. The van der Waals surface area contributed by atoms with Gasteiger partial charge >= 0.3 is 16.0 Å². The van der Waals surface area contributed by atoms with Crippen molar-refractivity contribution in [2.45, 2.75) is 4.90 Å². The zero-order valence-electron chi connectivity index (χ0n) is 11.4. The van der Waals surface area contributed by atoms with Crippen LogP contribution in [0.3, 0.4) is 0 Å². The van der Waals surface area contributed by atoms with E-state index in [1.165, 1.54) is 36.5 Å². The Bertz CT molecular complexity index is 826. The Hall–Kier alpha value is -2.74. The molecular formula is C14H14FN4O2S+. The van der Waals surface area contributed by atoms with Crippen LogP contribution in [0.25, 0.3) is 0 Å². The van der Waals surface area contributed by atoms with Crippen LogP contribution >= 0.6 is 0 Å². The summed E-state index contributed by atoms with van der Waals surface area (Å²) in [5, 5.41) is 0. The molecule has 0 aliphatic rings. The zero-order valence-corrected chi connectivity index (χ0v) is 12.2. The molecule has 0 saturated carbocycles. The maximum absolute atomic E-state index is 13.4. The number of benzene rings is 2. The molecule has 8 heteroatoms. The SMILES string of the molecule is NC(N)=[NH+]S(=O)(=O)c1ccc(N=Cc2ccccc2F)cc1. The summed E-state index contributed by atoms with van der Waals surface area (Å²) in [7, 11) is -3.80. The predicted molar refractivity (Wildman–Crippen MR) is 81.6 cm³/mol. The molecule has 2 aromatic carbocycles. The maximum Gasteiger partial charge on any atom is 0.353 e. The fourth-order valence-corrected chi connectivity index (χ4v) is 2.57. The fourth-order valence-electron chi connectivity index (χ4n) is 1.65. The number of nitrogens with one attached hydrogen (secondary N) is 1. The third kappa shape index (κ3) is 3.89. The quantitative estimate of drug-likeness (QED) is 0.526. The van der Waals surface area contributed by atoms with Gasteiger partial charge < -0.3 is 0 Å². The van der Waals surface area contributed by atoms with Crippen molar-refractivity contribution in [3.8, 4) is 0 Å². The lowest BCUT2D eigenvalue weighted by molar-refractivity contribution is -0.270. The van der Waals surface area contributed by atoms with Crippen LogP contribution in [-0.4, -0.2) is 20.6 Å². The van der Waals surface area contributed by atoms with Gasteiger partial charge in [-0.3, -0.25) is 16.5 Å². The van der Waals surface area contributed by atoms with Crippen LogP contribution < -0.4 is 15.9 Å². The van der Waals surface area contributed by atoms with Crippen molar-refractivity contribution >= 4 is 27.9 Å². The standard InChI is InChI=1S/C14H13FN4O2S/c15-13-4-2-1-3-10(13)9-18-11-5-7-12(8-6-11)22(20,21)19-14(16)17/h1-9H,(H4,16,17,19)/p+1. The molecule has 0 aliphatic carbocycles. The van der Waals surface area contributed by atoms with E-state index >= 15 is 0 Å². The van der Waals surface area contributed by atoms with Crippen LogP contribution in [0.5, 0.6) is 0 Å². The van der Waals surface area contributed by atoms with Crippen LogP contribution in [0, 0.1) is 5.82 Å². The summed E-state index contributed by atoms with van der Waals surface area (Å²) in [5.74, 6) is -0.801. The van der Waals surface area contributed by atoms with Gasteiger partial charge in [-0.2, -0.15) is 12.8 Å². The smallest absolute Gasteiger partial charge is 0.290 e. The van der Waals surface area contributed by atoms with E-state index in [1.807, 2.05) is 4.40 Å². The number of aliphatic imine (C=N–C) groups is 1. The van der Waals surface area contributed by atoms with E-state index in [0.29, 0.717) is 11.3 Å². The summed E-state index contributed by atoms with van der Waals surface area (Å²) in [6, 6.07) is 11.9. The Balaban J connectivity index is 2.23. The van der Waals surface area contributed by atoms with Gasteiger partial charge in [-0.25, -0.2) is 4.39 Å². The van der Waals surface area contributed by atoms with E-state index in [1.54, 1.807) is 18.2 Å². The first-order valence-electron chi connectivity index (χ1n) is 6.18. The molecule has 0 radical (unpaired) electrons. The first kappa shape index (κ1) is 15.6. The van der Waals surface area contributed by atoms with Crippen molar-refractivity contribution < 1.29 is 17.2 Å². The average Bonchev–Trinajstić information content (AvgIpc) is 2.45. The van der Waals surface area contributed by atoms with E-state index < -0.39 is 16.0 Å². The highest BCUT2D eigenvalue weighted by Crippen LogP contribution is 2.15. The lowest BCUT2D eigenvalue weighted by Gasteiger charge is -1.99. The van der Waals surface area contributed by atoms with Crippen molar-refractivity contribution in [3.63, 3.8) is 0 Å². The molecule has 0 heterocycles. The lowest BCUT2D eigenvalue weighted by Crippen LogP contribution is -2.80. The number of rotatable bonds is 4. The third-order valence-electron chi connectivity index (χ3n) is 2.66. The molecule has 0 spiro atoms. The van der Waals surface area contributed by atoms with Gasteiger partial charge in [-0.15, -0.1) is 0 Å². The molecule has 2 rings (SSSR count). The highest BCUT2D eigenvalue weighted by Gasteiger charge is 2.14. The minimum atomic E-state index is -3.80. The van der Waals surface area contributed by atoms with Gasteiger partial charge in [0.1, 0.15) is 10.7 Å². The molecule has 0 aromatic heterocycles. The summed E-state index contributed by atoms with van der Waals surface area (Å²) < 4.78 is 39.0. The van der Waals surface area contributed by atoms with E-state index in [4.69, 9.17) is 11.5 Å². The second kappa shape index (κ2) is 6.35. The number of hydrogen-bond donors (Lipinski definition) is 3. The molecule has 0 bridgehead atoms. The summed E-state index contributed by atoms with van der Waals surface area (Å²) >= 11 is 0. The topological polar surface area (TPSA) is 113 Å². The molecular weight excluding hydrogens is 307 g/mol. The van der Waals surface area contributed by atoms with Gasteiger partial charge in [0, 0.05) is 11.8 Å². The van der Waals surface area contributed by atoms with Crippen LogP contribution in [0.1, 0.15) is 5.56 Å². The van der Waals surface area contributed by atoms with Gasteiger partial charge in [-0.1, -0.05) is 18.2 Å². The molecule has 0 unspecified atom stereocenters. The molecule has 5 N–H and O–H groups in total. The fraction of sp³-hybridized carbons (Fsp3) is 0. The number of nitrogens with two attached hydrogens (primary N) is 2. The molecule has 22 heavy (non-hydrogen) atoms. The van der Waals surface area contributed by atoms with Crippen LogP contribution in [0.4, 0.5) is 10.1 Å². The van der Waals surface area contributed by atoms with E-state index in [9.17, 15) is 12.8 Å². The molecule has 6 nitrogen and oxygen atoms in total. The Morgan fingerprint density at radius 2 is 1.73 bits per heavy atom. The molecule has 0 atom stereocenters. The summed E-state index contributed by atoms with van der Waals surface area (Å²) in [6.45, 7) is 0. The van der Waals surface area contributed by atoms with Crippen LogP contribution in [-0.2, 0) is 10.0 Å². The molecule has 0 fully saturated rings. The molecule has 2 aromatic rings. The van der Waals surface area contributed by atoms with Gasteiger partial charge in [-0.05, 0) is 30.3 Å². The maximum atomic E-state index is 13.4. The Kier molecular flexibility index (Phi) is 4.52. The van der Waals surface area contributed by atoms with E-state index in [0.717, 1.165) is 0 Å². The number of halogens is 1. The second-order valence-corrected chi connectivity index (χ2v) is 6.02. The Morgan fingerprint density at radius 1 is 1.09 bits per heavy atom. The molecule has 0 saturated heterocycles. The van der Waals surface area contributed by atoms with Crippen LogP contribution in [0.15, 0.2) is 58.4 Å². The first-order valence-corrected chi connectivity index (χ1v) is 7.66. The summed E-state index contributed by atoms with van der Waals surface area (Å²) in [5.41, 5.74) is 11.1. The normalized spacial score (nSPS) is 11.5.